The second-order valence-electron chi connectivity index (χ2n) is 6.60. The molecule has 0 aromatic heterocycles. The number of ether oxygens (including phenoxy) is 3. The predicted octanol–water partition coefficient (Wildman–Crippen LogP) is 2.28. The Labute approximate surface area is 149 Å². The molecular weight excluding hydrogens is 324 g/mol. The van der Waals surface area contributed by atoms with E-state index in [2.05, 4.69) is 10.6 Å². The van der Waals surface area contributed by atoms with Crippen LogP contribution in [-0.4, -0.2) is 44.4 Å². The maximum atomic E-state index is 12.0. The van der Waals surface area contributed by atoms with Gasteiger partial charge in [-0.1, -0.05) is 6.07 Å². The van der Waals surface area contributed by atoms with E-state index in [1.807, 2.05) is 18.2 Å². The summed E-state index contributed by atoms with van der Waals surface area (Å²) in [4.78, 5) is 23.7. The molecule has 0 bridgehead atoms. The van der Waals surface area contributed by atoms with Gasteiger partial charge in [0, 0.05) is 6.54 Å². The Hall–Kier alpha value is -2.44. The Bertz CT molecular complexity index is 596. The first-order valence-corrected chi connectivity index (χ1v) is 8.14. The number of rotatable bonds is 7. The predicted molar refractivity (Wildman–Crippen MR) is 95.1 cm³/mol. The molecule has 2 amide bonds. The maximum Gasteiger partial charge on any atom is 0.408 e. The smallest absolute Gasteiger partial charge is 0.408 e. The van der Waals surface area contributed by atoms with E-state index in [4.69, 9.17) is 14.2 Å². The highest BCUT2D eigenvalue weighted by atomic mass is 16.6. The minimum Gasteiger partial charge on any atom is -0.493 e. The van der Waals surface area contributed by atoms with Crippen molar-refractivity contribution in [2.24, 2.45) is 0 Å². The van der Waals surface area contributed by atoms with Crippen molar-refractivity contribution in [2.45, 2.75) is 45.8 Å². The second-order valence-corrected chi connectivity index (χ2v) is 6.60. The van der Waals surface area contributed by atoms with Crippen LogP contribution in [0.5, 0.6) is 11.5 Å². The van der Waals surface area contributed by atoms with Gasteiger partial charge in [0.15, 0.2) is 11.5 Å². The summed E-state index contributed by atoms with van der Waals surface area (Å²) in [6, 6.07) is 4.92. The lowest BCUT2D eigenvalue weighted by molar-refractivity contribution is -0.122. The second kappa shape index (κ2) is 9.15. The lowest BCUT2D eigenvalue weighted by Crippen LogP contribution is -2.46. The Balaban J connectivity index is 2.45. The Kier molecular flexibility index (Phi) is 7.54. The van der Waals surface area contributed by atoms with Gasteiger partial charge in [-0.05, 0) is 51.8 Å². The molecule has 0 spiro atoms. The van der Waals surface area contributed by atoms with Crippen molar-refractivity contribution in [3.63, 3.8) is 0 Å². The molecule has 0 saturated heterocycles. The van der Waals surface area contributed by atoms with E-state index < -0.39 is 17.7 Å². The molecule has 1 aromatic carbocycles. The molecule has 25 heavy (non-hydrogen) atoms. The summed E-state index contributed by atoms with van der Waals surface area (Å²) >= 11 is 0. The van der Waals surface area contributed by atoms with E-state index in [0.29, 0.717) is 24.5 Å². The Morgan fingerprint density at radius 2 is 1.76 bits per heavy atom. The molecule has 0 aliphatic rings. The molecule has 1 atom stereocenters. The standard InChI is InChI=1S/C18H28N2O5/c1-12(20-17(22)25-18(2,3)4)16(21)19-10-9-13-7-8-14(23-5)15(11-13)24-6/h7-8,11-12H,9-10H2,1-6H3,(H,19,21)(H,20,22)/t12-/m0/s1. The number of hydrogen-bond donors (Lipinski definition) is 2. The zero-order valence-electron chi connectivity index (χ0n) is 15.8. The first-order valence-electron chi connectivity index (χ1n) is 8.14. The normalized spacial score (nSPS) is 12.1. The number of carbonyl (C=O) groups is 2. The van der Waals surface area contributed by atoms with E-state index in [9.17, 15) is 9.59 Å². The van der Waals surface area contributed by atoms with E-state index in [0.717, 1.165) is 5.56 Å². The van der Waals surface area contributed by atoms with Crippen LogP contribution in [0.25, 0.3) is 0 Å². The van der Waals surface area contributed by atoms with Crippen LogP contribution in [0, 0.1) is 0 Å². The van der Waals surface area contributed by atoms with Gasteiger partial charge in [0.1, 0.15) is 11.6 Å². The van der Waals surface area contributed by atoms with Gasteiger partial charge in [-0.3, -0.25) is 4.79 Å². The van der Waals surface area contributed by atoms with Crippen LogP contribution >= 0.6 is 0 Å². The summed E-state index contributed by atoms with van der Waals surface area (Å²) in [6.45, 7) is 7.34. The highest BCUT2D eigenvalue weighted by Crippen LogP contribution is 2.27. The number of methoxy groups -OCH3 is 2. The monoisotopic (exact) mass is 352 g/mol. The van der Waals surface area contributed by atoms with Gasteiger partial charge in [0.05, 0.1) is 14.2 Å². The molecule has 1 aromatic rings. The SMILES string of the molecule is COc1ccc(CCNC(=O)[C@H](C)NC(=O)OC(C)(C)C)cc1OC. The van der Waals surface area contributed by atoms with Gasteiger partial charge in [-0.2, -0.15) is 0 Å². The average Bonchev–Trinajstić information content (AvgIpc) is 2.52. The first-order chi connectivity index (χ1) is 11.7. The van der Waals surface area contributed by atoms with Crippen LogP contribution in [0.2, 0.25) is 0 Å². The van der Waals surface area contributed by atoms with Crippen molar-refractivity contribution in [1.29, 1.82) is 0 Å². The summed E-state index contributed by atoms with van der Waals surface area (Å²) < 4.78 is 15.6. The highest BCUT2D eigenvalue weighted by Gasteiger charge is 2.20. The summed E-state index contributed by atoms with van der Waals surface area (Å²) in [7, 11) is 3.16. The molecule has 140 valence electrons. The van der Waals surface area contributed by atoms with Gasteiger partial charge in [-0.25, -0.2) is 4.79 Å². The average molecular weight is 352 g/mol. The van der Waals surface area contributed by atoms with Crippen molar-refractivity contribution < 1.29 is 23.8 Å². The zero-order chi connectivity index (χ0) is 19.0. The van der Waals surface area contributed by atoms with Crippen LogP contribution in [0.15, 0.2) is 18.2 Å². The number of nitrogens with one attached hydrogen (secondary N) is 2. The van der Waals surface area contributed by atoms with Gasteiger partial charge >= 0.3 is 6.09 Å². The van der Waals surface area contributed by atoms with Crippen LogP contribution in [0.1, 0.15) is 33.3 Å². The van der Waals surface area contributed by atoms with Crippen molar-refractivity contribution in [1.82, 2.24) is 10.6 Å². The van der Waals surface area contributed by atoms with Crippen LogP contribution in [0.4, 0.5) is 4.79 Å². The van der Waals surface area contributed by atoms with Gasteiger partial charge in [0.2, 0.25) is 5.91 Å². The summed E-state index contributed by atoms with van der Waals surface area (Å²) in [5.74, 6) is 1.03. The Morgan fingerprint density at radius 3 is 2.32 bits per heavy atom. The molecule has 1 rings (SSSR count). The fourth-order valence-electron chi connectivity index (χ4n) is 2.07. The number of amides is 2. The number of hydrogen-bond acceptors (Lipinski definition) is 5. The molecule has 2 N–H and O–H groups in total. The van der Waals surface area contributed by atoms with Crippen LogP contribution < -0.4 is 20.1 Å². The zero-order valence-corrected chi connectivity index (χ0v) is 15.8. The third-order valence-corrected chi connectivity index (χ3v) is 3.29. The summed E-state index contributed by atoms with van der Waals surface area (Å²) in [6.07, 6.45) is 0.0145. The minimum atomic E-state index is -0.680. The van der Waals surface area contributed by atoms with Gasteiger partial charge in [-0.15, -0.1) is 0 Å². The fraction of sp³-hybridized carbons (Fsp3) is 0.556. The molecule has 0 unspecified atom stereocenters. The van der Waals surface area contributed by atoms with Crippen molar-refractivity contribution in [2.75, 3.05) is 20.8 Å². The Morgan fingerprint density at radius 1 is 1.12 bits per heavy atom. The fourth-order valence-corrected chi connectivity index (χ4v) is 2.07. The van der Waals surface area contributed by atoms with Crippen molar-refractivity contribution in [3.05, 3.63) is 23.8 Å². The maximum absolute atomic E-state index is 12.0. The molecular formula is C18H28N2O5. The topological polar surface area (TPSA) is 85.9 Å². The number of benzene rings is 1. The molecule has 0 aliphatic heterocycles. The summed E-state index contributed by atoms with van der Waals surface area (Å²) in [5.41, 5.74) is 0.402. The molecule has 7 heteroatoms. The van der Waals surface area contributed by atoms with E-state index in [1.165, 1.54) is 0 Å². The largest absolute Gasteiger partial charge is 0.493 e. The third kappa shape index (κ3) is 7.32. The van der Waals surface area contributed by atoms with Crippen molar-refractivity contribution >= 4 is 12.0 Å². The van der Waals surface area contributed by atoms with Crippen LogP contribution in [-0.2, 0) is 16.0 Å². The molecule has 0 aliphatic carbocycles. The lowest BCUT2D eigenvalue weighted by Gasteiger charge is -2.21. The highest BCUT2D eigenvalue weighted by molar-refractivity contribution is 5.85. The quantitative estimate of drug-likeness (QED) is 0.786. The summed E-state index contributed by atoms with van der Waals surface area (Å²) in [5, 5.41) is 5.29. The molecule has 0 radical (unpaired) electrons. The molecule has 0 saturated carbocycles. The first kappa shape index (κ1) is 20.6. The molecule has 0 heterocycles. The van der Waals surface area contributed by atoms with Gasteiger partial charge in [0.25, 0.3) is 0 Å². The number of alkyl carbamates (subject to hydrolysis) is 1. The molecule has 7 nitrogen and oxygen atoms in total. The third-order valence-electron chi connectivity index (χ3n) is 3.29. The van der Waals surface area contributed by atoms with E-state index in [1.54, 1.807) is 41.9 Å². The minimum absolute atomic E-state index is 0.272. The van der Waals surface area contributed by atoms with E-state index >= 15 is 0 Å². The molecule has 0 fully saturated rings. The van der Waals surface area contributed by atoms with Crippen molar-refractivity contribution in [3.8, 4) is 11.5 Å². The lowest BCUT2D eigenvalue weighted by atomic mass is 10.1. The van der Waals surface area contributed by atoms with Crippen LogP contribution in [0.3, 0.4) is 0 Å². The van der Waals surface area contributed by atoms with E-state index in [-0.39, 0.29) is 5.91 Å². The number of carbonyl (C=O) groups excluding carboxylic acids is 2. The van der Waals surface area contributed by atoms with Gasteiger partial charge < -0.3 is 24.8 Å².